The average molecular weight is 777 g/mol. The molecule has 1 aromatic carbocycles. The summed E-state index contributed by atoms with van der Waals surface area (Å²) in [4.78, 5) is 71.7. The van der Waals surface area contributed by atoms with Gasteiger partial charge in [0, 0.05) is 42.3 Å². The molecule has 2 atom stereocenters. The van der Waals surface area contributed by atoms with Crippen LogP contribution < -0.4 is 20.1 Å². The number of unbranched alkanes of at least 4 members (excludes halogenated alkanes) is 4. The summed E-state index contributed by atoms with van der Waals surface area (Å²) in [6.07, 6.45) is 0.567. The predicted octanol–water partition coefficient (Wildman–Crippen LogP) is 5.29. The van der Waals surface area contributed by atoms with Gasteiger partial charge in [-0.25, -0.2) is 24.0 Å². The minimum atomic E-state index is -0.988. The number of amides is 2. The van der Waals surface area contributed by atoms with E-state index < -0.39 is 48.3 Å². The highest BCUT2D eigenvalue weighted by Crippen LogP contribution is 2.20. The number of esters is 4. The molecular weight excluding hydrogens is 720 g/mol. The Bertz CT molecular complexity index is 1440. The number of ether oxygens (including phenoxy) is 8. The van der Waals surface area contributed by atoms with Gasteiger partial charge in [0.25, 0.3) is 0 Å². The van der Waals surface area contributed by atoms with E-state index in [4.69, 9.17) is 37.9 Å². The van der Waals surface area contributed by atoms with Crippen molar-refractivity contribution in [1.82, 2.24) is 10.6 Å². The lowest BCUT2D eigenvalue weighted by molar-refractivity contribution is -0.147. The molecule has 0 bridgehead atoms. The quantitative estimate of drug-likeness (QED) is 0.0482. The van der Waals surface area contributed by atoms with Crippen LogP contribution in [0.15, 0.2) is 60.7 Å². The molecule has 1 aromatic rings. The molecule has 0 aliphatic rings. The Hall–Kier alpha value is -5.54. The van der Waals surface area contributed by atoms with Crippen LogP contribution in [0.1, 0.15) is 72.6 Å². The summed E-state index contributed by atoms with van der Waals surface area (Å²) in [6, 6.07) is 6.46. The topological polar surface area (TPSA) is 200 Å². The molecule has 0 aliphatic carbocycles. The second kappa shape index (κ2) is 28.0. The van der Waals surface area contributed by atoms with Gasteiger partial charge in [0.15, 0.2) is 12.2 Å². The lowest BCUT2D eigenvalue weighted by atomic mass is 10.2. The molecule has 1 rings (SSSR count). The highest BCUT2D eigenvalue weighted by Gasteiger charge is 2.20. The number of nitrogens with one attached hydrogen (secondary N) is 2. The summed E-state index contributed by atoms with van der Waals surface area (Å²) in [6.45, 7) is 17.1. The zero-order chi connectivity index (χ0) is 41.0. The van der Waals surface area contributed by atoms with Gasteiger partial charge in [0.2, 0.25) is 0 Å². The van der Waals surface area contributed by atoms with Crippen molar-refractivity contribution < 1.29 is 66.7 Å². The van der Waals surface area contributed by atoms with E-state index >= 15 is 0 Å². The SMILES string of the molecule is C=C(C)C(=O)OCCCCCNC(=O)OC(COC(=O)CC)COc1cccc(OCC(COC(=O)C(=C)C)OC(=O)NCCCCCOC(=O)C(=C)C)c1. The average Bonchev–Trinajstić information content (AvgIpc) is 3.15. The minimum Gasteiger partial charge on any atom is -0.489 e. The highest BCUT2D eigenvalue weighted by molar-refractivity contribution is 5.87. The molecule has 2 unspecified atom stereocenters. The molecule has 306 valence electrons. The second-order valence-electron chi connectivity index (χ2n) is 12.4. The van der Waals surface area contributed by atoms with Gasteiger partial charge >= 0.3 is 36.1 Å². The third kappa shape index (κ3) is 23.7. The van der Waals surface area contributed by atoms with Gasteiger partial charge in [0.05, 0.1) is 13.2 Å². The fourth-order valence-electron chi connectivity index (χ4n) is 4.00. The first kappa shape index (κ1) is 47.5. The summed E-state index contributed by atoms with van der Waals surface area (Å²) in [7, 11) is 0. The summed E-state index contributed by atoms with van der Waals surface area (Å²) >= 11 is 0. The largest absolute Gasteiger partial charge is 0.489 e. The number of carbonyl (C=O) groups excluding carboxylic acids is 6. The fraction of sp³-hybridized carbons (Fsp3) is 0.538. The molecule has 55 heavy (non-hydrogen) atoms. The first-order valence-electron chi connectivity index (χ1n) is 18.1. The fourth-order valence-corrected chi connectivity index (χ4v) is 4.00. The van der Waals surface area contributed by atoms with Crippen LogP contribution in [-0.2, 0) is 47.6 Å². The molecule has 0 aromatic heterocycles. The van der Waals surface area contributed by atoms with Gasteiger partial charge in [-0.05, 0) is 71.4 Å². The zero-order valence-corrected chi connectivity index (χ0v) is 32.4. The molecule has 0 radical (unpaired) electrons. The third-order valence-electron chi connectivity index (χ3n) is 7.04. The first-order chi connectivity index (χ1) is 26.2. The monoisotopic (exact) mass is 776 g/mol. The van der Waals surface area contributed by atoms with Crippen molar-refractivity contribution in [3.63, 3.8) is 0 Å². The van der Waals surface area contributed by atoms with Gasteiger partial charge in [-0.3, -0.25) is 4.79 Å². The van der Waals surface area contributed by atoms with Crippen molar-refractivity contribution in [2.24, 2.45) is 0 Å². The molecule has 0 aliphatic heterocycles. The molecule has 0 fully saturated rings. The zero-order valence-electron chi connectivity index (χ0n) is 32.4. The number of hydrogen-bond acceptors (Lipinski definition) is 14. The molecule has 0 spiro atoms. The number of benzene rings is 1. The predicted molar refractivity (Wildman–Crippen MR) is 200 cm³/mol. The van der Waals surface area contributed by atoms with Crippen molar-refractivity contribution in [3.8, 4) is 11.5 Å². The number of hydrogen-bond donors (Lipinski definition) is 2. The number of alkyl carbamates (subject to hydrolysis) is 2. The van der Waals surface area contributed by atoms with Crippen molar-refractivity contribution in [3.05, 3.63) is 60.7 Å². The van der Waals surface area contributed by atoms with Crippen molar-refractivity contribution in [2.75, 3.05) is 52.7 Å². The van der Waals surface area contributed by atoms with Crippen molar-refractivity contribution in [2.45, 2.75) is 84.8 Å². The van der Waals surface area contributed by atoms with Gasteiger partial charge in [-0.1, -0.05) is 32.7 Å². The molecule has 0 saturated heterocycles. The Morgan fingerprint density at radius 3 is 1.42 bits per heavy atom. The van der Waals surface area contributed by atoms with Crippen LogP contribution in [0, 0.1) is 0 Å². The van der Waals surface area contributed by atoms with Gasteiger partial charge in [0.1, 0.15) is 37.9 Å². The van der Waals surface area contributed by atoms with Gasteiger partial charge in [-0.15, -0.1) is 0 Å². The van der Waals surface area contributed by atoms with E-state index in [1.807, 2.05) is 0 Å². The highest BCUT2D eigenvalue weighted by atomic mass is 16.6. The lowest BCUT2D eigenvalue weighted by Crippen LogP contribution is -2.36. The van der Waals surface area contributed by atoms with Crippen LogP contribution >= 0.6 is 0 Å². The lowest BCUT2D eigenvalue weighted by Gasteiger charge is -2.20. The van der Waals surface area contributed by atoms with Gasteiger partial charge < -0.3 is 48.5 Å². The van der Waals surface area contributed by atoms with E-state index in [1.165, 1.54) is 6.92 Å². The Morgan fingerprint density at radius 2 is 1.00 bits per heavy atom. The van der Waals surface area contributed by atoms with Crippen molar-refractivity contribution in [1.29, 1.82) is 0 Å². The van der Waals surface area contributed by atoms with Crippen LogP contribution in [0.2, 0.25) is 0 Å². The van der Waals surface area contributed by atoms with Crippen LogP contribution in [-0.4, -0.2) is 101 Å². The summed E-state index contributed by atoms with van der Waals surface area (Å²) in [5.41, 5.74) is 0.822. The maximum atomic E-state index is 12.5. The van der Waals surface area contributed by atoms with E-state index in [0.29, 0.717) is 74.3 Å². The number of carbonyl (C=O) groups is 6. The van der Waals surface area contributed by atoms with Crippen LogP contribution in [0.3, 0.4) is 0 Å². The minimum absolute atomic E-state index is 0.135. The summed E-state index contributed by atoms with van der Waals surface area (Å²) in [5, 5.41) is 5.27. The van der Waals surface area contributed by atoms with E-state index in [2.05, 4.69) is 30.4 Å². The van der Waals surface area contributed by atoms with Crippen LogP contribution in [0.5, 0.6) is 11.5 Å². The summed E-state index contributed by atoms with van der Waals surface area (Å²) in [5.74, 6) is -1.37. The Kier molecular flexibility index (Phi) is 24.2. The molecule has 2 N–H and O–H groups in total. The van der Waals surface area contributed by atoms with E-state index in [1.54, 1.807) is 45.0 Å². The Labute approximate surface area is 322 Å². The van der Waals surface area contributed by atoms with E-state index in [-0.39, 0.29) is 51.6 Å². The Morgan fingerprint density at radius 1 is 0.582 bits per heavy atom. The first-order valence-corrected chi connectivity index (χ1v) is 18.1. The Balaban J connectivity index is 2.68. The molecular formula is C39H56N2O14. The molecule has 0 heterocycles. The molecule has 16 nitrogen and oxygen atoms in total. The van der Waals surface area contributed by atoms with E-state index in [0.717, 1.165) is 0 Å². The smallest absolute Gasteiger partial charge is 0.407 e. The normalized spacial score (nSPS) is 11.4. The van der Waals surface area contributed by atoms with Crippen LogP contribution in [0.4, 0.5) is 9.59 Å². The van der Waals surface area contributed by atoms with Crippen molar-refractivity contribution >= 4 is 36.1 Å². The van der Waals surface area contributed by atoms with Crippen LogP contribution in [0.25, 0.3) is 0 Å². The maximum Gasteiger partial charge on any atom is 0.407 e. The second-order valence-corrected chi connectivity index (χ2v) is 12.4. The maximum absolute atomic E-state index is 12.5. The summed E-state index contributed by atoms with van der Waals surface area (Å²) < 4.78 is 43.0. The van der Waals surface area contributed by atoms with E-state index in [9.17, 15) is 28.8 Å². The number of rotatable bonds is 28. The third-order valence-corrected chi connectivity index (χ3v) is 7.04. The molecule has 2 amide bonds. The molecule has 16 heteroatoms. The molecule has 0 saturated carbocycles. The standard InChI is InChI=1S/C39H56N2O14/c1-8-34(42)52-25-32(54-38(46)40-18-11-9-13-20-48-35(43)27(2)3)23-50-30-16-15-17-31(22-30)51-24-33(26-53-37(45)29(6)7)55-39(47)41-19-12-10-14-21-49-36(44)28(4)5/h15-17,22,32-33H,2,4,6,8-14,18-21,23-26H2,1,3,5,7H3,(H,40,46)(H,41,47). The van der Waals surface area contributed by atoms with Gasteiger partial charge in [-0.2, -0.15) is 0 Å².